The van der Waals surface area contributed by atoms with E-state index in [1.807, 2.05) is 87.5 Å². The highest BCUT2D eigenvalue weighted by atomic mass is 16.5. The van der Waals surface area contributed by atoms with Gasteiger partial charge in [-0.25, -0.2) is 4.79 Å². The predicted octanol–water partition coefficient (Wildman–Crippen LogP) is 6.07. The fourth-order valence-corrected chi connectivity index (χ4v) is 4.45. The summed E-state index contributed by atoms with van der Waals surface area (Å²) in [5.74, 6) is 2.17. The van der Waals surface area contributed by atoms with Gasteiger partial charge in [-0.1, -0.05) is 35.5 Å². The molecule has 0 radical (unpaired) electrons. The third-order valence-electron chi connectivity index (χ3n) is 6.67. The summed E-state index contributed by atoms with van der Waals surface area (Å²) >= 11 is 0. The molecule has 1 atom stereocenters. The minimum atomic E-state index is -0.500. The second-order valence-electron chi connectivity index (χ2n) is 8.91. The normalized spacial score (nSPS) is 15.5. The summed E-state index contributed by atoms with van der Waals surface area (Å²) in [7, 11) is 3.23. The molecule has 1 N–H and O–H groups in total. The minimum absolute atomic E-state index is 0.238. The van der Waals surface area contributed by atoms with Gasteiger partial charge in [0.15, 0.2) is 0 Å². The zero-order chi connectivity index (χ0) is 26.1. The molecule has 5 rings (SSSR count). The molecule has 1 unspecified atom stereocenters. The molecule has 0 fully saturated rings. The molecule has 0 bridgehead atoms. The van der Waals surface area contributed by atoms with Gasteiger partial charge in [0.2, 0.25) is 5.82 Å². The molecule has 1 aromatic heterocycles. The number of nitrogens with zero attached hydrogens (tertiary/aromatic N) is 3. The summed E-state index contributed by atoms with van der Waals surface area (Å²) in [5.41, 5.74) is 6.05. The molecular weight excluding hydrogens is 468 g/mol. The Morgan fingerprint density at radius 3 is 2.35 bits per heavy atom. The Hall–Kier alpha value is -4.59. The van der Waals surface area contributed by atoms with Gasteiger partial charge in [0.05, 0.1) is 31.5 Å². The molecule has 0 saturated carbocycles. The van der Waals surface area contributed by atoms with E-state index in [1.54, 1.807) is 19.1 Å². The molecule has 0 spiro atoms. The maximum absolute atomic E-state index is 13.5. The summed E-state index contributed by atoms with van der Waals surface area (Å²) in [6.45, 7) is 5.97. The Bertz CT molecular complexity index is 1490. The Kier molecular flexibility index (Phi) is 6.40. The molecule has 1 aliphatic rings. The highest BCUT2D eigenvalue weighted by molar-refractivity contribution is 6.01. The predicted molar refractivity (Wildman–Crippen MR) is 142 cm³/mol. The Labute approximate surface area is 215 Å². The summed E-state index contributed by atoms with van der Waals surface area (Å²) in [6.07, 6.45) is 0. The average molecular weight is 497 g/mol. The third-order valence-corrected chi connectivity index (χ3v) is 6.67. The molecule has 0 aliphatic carbocycles. The van der Waals surface area contributed by atoms with Gasteiger partial charge in [0.1, 0.15) is 11.5 Å². The summed E-state index contributed by atoms with van der Waals surface area (Å²) in [4.78, 5) is 19.8. The van der Waals surface area contributed by atoms with Crippen molar-refractivity contribution in [3.8, 4) is 22.9 Å². The van der Waals surface area contributed by atoms with E-state index in [9.17, 15) is 4.79 Å². The zero-order valence-corrected chi connectivity index (χ0v) is 21.4. The number of urea groups is 1. The van der Waals surface area contributed by atoms with Crippen LogP contribution < -0.4 is 19.7 Å². The Balaban J connectivity index is 1.64. The summed E-state index contributed by atoms with van der Waals surface area (Å²) in [6, 6.07) is 20.2. The van der Waals surface area contributed by atoms with Crippen LogP contribution in [0.4, 0.5) is 10.5 Å². The number of carbonyl (C=O) groups is 1. The number of aromatic nitrogens is 2. The van der Waals surface area contributed by atoms with Crippen molar-refractivity contribution in [1.29, 1.82) is 0 Å². The van der Waals surface area contributed by atoms with E-state index in [4.69, 9.17) is 19.0 Å². The van der Waals surface area contributed by atoms with Crippen molar-refractivity contribution in [3.63, 3.8) is 0 Å². The number of methoxy groups -OCH3 is 2. The maximum atomic E-state index is 13.5. The van der Waals surface area contributed by atoms with Gasteiger partial charge in [0, 0.05) is 11.3 Å². The van der Waals surface area contributed by atoms with Crippen LogP contribution in [0.15, 0.2) is 77.0 Å². The molecule has 8 nitrogen and oxygen atoms in total. The van der Waals surface area contributed by atoms with Crippen molar-refractivity contribution in [3.05, 3.63) is 95.0 Å². The topological polar surface area (TPSA) is 89.7 Å². The number of rotatable bonds is 6. The van der Waals surface area contributed by atoms with Gasteiger partial charge in [0.25, 0.3) is 5.89 Å². The van der Waals surface area contributed by atoms with Gasteiger partial charge in [-0.05, 0) is 73.9 Å². The van der Waals surface area contributed by atoms with Crippen molar-refractivity contribution in [1.82, 2.24) is 15.5 Å². The third kappa shape index (κ3) is 4.53. The second-order valence-corrected chi connectivity index (χ2v) is 8.91. The first-order chi connectivity index (χ1) is 17.9. The van der Waals surface area contributed by atoms with Gasteiger partial charge in [-0.2, -0.15) is 4.98 Å². The van der Waals surface area contributed by atoms with E-state index in [2.05, 4.69) is 10.5 Å². The highest BCUT2D eigenvalue weighted by Crippen LogP contribution is 2.40. The van der Waals surface area contributed by atoms with E-state index >= 15 is 0 Å². The number of hydrogen-bond donors (Lipinski definition) is 1. The number of amides is 2. The highest BCUT2D eigenvalue weighted by Gasteiger charge is 2.36. The van der Waals surface area contributed by atoms with Crippen molar-refractivity contribution in [2.75, 3.05) is 19.1 Å². The SMILES string of the molecule is COc1ccc(C2NC(=O)N(c3ccc(C)c(C)c3)C(C)=C2c2nc(-c3cccc(OC)c3)no2)cc1. The molecule has 0 saturated heterocycles. The maximum Gasteiger partial charge on any atom is 0.326 e. The van der Waals surface area contributed by atoms with Crippen LogP contribution in [-0.4, -0.2) is 30.4 Å². The number of aryl methyl sites for hydroxylation is 2. The van der Waals surface area contributed by atoms with Gasteiger partial charge in [-0.3, -0.25) is 4.90 Å². The first-order valence-electron chi connectivity index (χ1n) is 11.9. The van der Waals surface area contributed by atoms with E-state index in [0.717, 1.165) is 33.7 Å². The first-order valence-corrected chi connectivity index (χ1v) is 11.9. The second kappa shape index (κ2) is 9.81. The molecule has 2 amide bonds. The van der Waals surface area contributed by atoms with Crippen molar-refractivity contribution < 1.29 is 18.8 Å². The lowest BCUT2D eigenvalue weighted by Gasteiger charge is -2.35. The molecule has 1 aliphatic heterocycles. The van der Waals surface area contributed by atoms with Crippen LogP contribution in [0.25, 0.3) is 17.0 Å². The monoisotopic (exact) mass is 496 g/mol. The van der Waals surface area contributed by atoms with E-state index in [-0.39, 0.29) is 6.03 Å². The number of carbonyl (C=O) groups excluding carboxylic acids is 1. The number of anilines is 1. The first kappa shape index (κ1) is 24.1. The van der Waals surface area contributed by atoms with Gasteiger partial charge >= 0.3 is 6.03 Å². The number of benzene rings is 3. The Morgan fingerprint density at radius 1 is 0.892 bits per heavy atom. The zero-order valence-electron chi connectivity index (χ0n) is 21.4. The van der Waals surface area contributed by atoms with E-state index in [0.29, 0.717) is 28.7 Å². The molecule has 8 heteroatoms. The van der Waals surface area contributed by atoms with Crippen LogP contribution >= 0.6 is 0 Å². The van der Waals surface area contributed by atoms with Crippen LogP contribution in [0.1, 0.15) is 35.5 Å². The number of nitrogens with one attached hydrogen (secondary N) is 1. The smallest absolute Gasteiger partial charge is 0.326 e. The lowest BCUT2D eigenvalue weighted by atomic mass is 9.94. The van der Waals surface area contributed by atoms with Crippen LogP contribution in [0, 0.1) is 13.8 Å². The van der Waals surface area contributed by atoms with Crippen molar-refractivity contribution >= 4 is 17.3 Å². The fraction of sp³-hybridized carbons (Fsp3) is 0.207. The van der Waals surface area contributed by atoms with Crippen molar-refractivity contribution in [2.45, 2.75) is 26.8 Å². The number of hydrogen-bond acceptors (Lipinski definition) is 6. The molecule has 4 aromatic rings. The average Bonchev–Trinajstić information content (AvgIpc) is 3.40. The number of ether oxygens (including phenoxy) is 2. The van der Waals surface area contributed by atoms with Crippen LogP contribution in [-0.2, 0) is 0 Å². The van der Waals surface area contributed by atoms with Gasteiger partial charge in [-0.15, -0.1) is 0 Å². The van der Waals surface area contributed by atoms with E-state index < -0.39 is 6.04 Å². The molecule has 2 heterocycles. The minimum Gasteiger partial charge on any atom is -0.497 e. The summed E-state index contributed by atoms with van der Waals surface area (Å²) < 4.78 is 16.5. The molecule has 3 aromatic carbocycles. The molecule has 37 heavy (non-hydrogen) atoms. The van der Waals surface area contributed by atoms with E-state index in [1.165, 1.54) is 0 Å². The Morgan fingerprint density at radius 2 is 1.65 bits per heavy atom. The van der Waals surface area contributed by atoms with Crippen LogP contribution in [0.2, 0.25) is 0 Å². The lowest BCUT2D eigenvalue weighted by Crippen LogP contribution is -2.46. The van der Waals surface area contributed by atoms with Crippen LogP contribution in [0.3, 0.4) is 0 Å². The molecular formula is C29H28N4O4. The quantitative estimate of drug-likeness (QED) is 0.348. The molecule has 188 valence electrons. The van der Waals surface area contributed by atoms with Gasteiger partial charge < -0.3 is 19.3 Å². The summed E-state index contributed by atoms with van der Waals surface area (Å²) in [5, 5.41) is 7.38. The standard InChI is InChI=1S/C29H28N4O4/c1-17-9-12-22(15-18(17)2)33-19(3)25(26(30-29(33)34)20-10-13-23(35-4)14-11-20)28-31-27(32-37-28)21-7-6-8-24(16-21)36-5/h6-16,26H,1-5H3,(H,30,34). The number of allylic oxidation sites excluding steroid dienone is 1. The lowest BCUT2D eigenvalue weighted by molar-refractivity contribution is 0.244. The fourth-order valence-electron chi connectivity index (χ4n) is 4.45. The van der Waals surface area contributed by atoms with Crippen molar-refractivity contribution in [2.24, 2.45) is 0 Å². The van der Waals surface area contributed by atoms with Crippen LogP contribution in [0.5, 0.6) is 11.5 Å². The largest absolute Gasteiger partial charge is 0.497 e.